The largest absolute Gasteiger partial charge is 1.00 e. The molecule has 0 N–H and O–H groups in total. The molecule has 0 fully saturated rings. The third-order valence-corrected chi connectivity index (χ3v) is 3.54. The van der Waals surface area contributed by atoms with Gasteiger partial charge in [-0.25, -0.2) is 4.57 Å². The van der Waals surface area contributed by atoms with Gasteiger partial charge in [0.2, 0.25) is 0 Å². The van der Waals surface area contributed by atoms with Crippen molar-refractivity contribution in [2.24, 2.45) is 0 Å². The Hall–Kier alpha value is -1.27. The Morgan fingerprint density at radius 3 is 2.85 bits per heavy atom. The molecule has 4 heterocycles. The minimum Gasteiger partial charge on any atom is -1.00 e. The molecule has 4 nitrogen and oxygen atoms in total. The van der Waals surface area contributed by atoms with Gasteiger partial charge in [-0.2, -0.15) is 4.57 Å². The summed E-state index contributed by atoms with van der Waals surface area (Å²) < 4.78 is 6.52. The van der Waals surface area contributed by atoms with Gasteiger partial charge in [0.05, 0.1) is 5.10 Å². The van der Waals surface area contributed by atoms with Gasteiger partial charge < -0.3 is 34.0 Å². The van der Waals surface area contributed by atoms with E-state index < -0.39 is 0 Å². The second kappa shape index (κ2) is 5.61. The normalized spacial score (nSPS) is 12.1. The molecule has 0 aromatic carbocycles. The Labute approximate surface area is 138 Å². The van der Waals surface area contributed by atoms with Crippen molar-refractivity contribution in [3.05, 3.63) is 48.3 Å². The first-order chi connectivity index (χ1) is 8.83. The number of hydrogen-bond donors (Lipinski definition) is 0. The third kappa shape index (κ3) is 2.16. The number of nitrogens with zero attached hydrogens (tertiary/aromatic N) is 4. The van der Waals surface area contributed by atoms with Crippen LogP contribution in [0.4, 0.5) is 0 Å². The molecule has 0 unspecified atom stereocenters. The van der Waals surface area contributed by atoms with Crippen molar-refractivity contribution < 1.29 is 43.1 Å². The molecule has 1 aliphatic heterocycles. The van der Waals surface area contributed by atoms with E-state index in [1.807, 2.05) is 10.7 Å². The molecule has 4 rings (SSSR count). The van der Waals surface area contributed by atoms with Crippen molar-refractivity contribution >= 4 is 5.65 Å². The van der Waals surface area contributed by atoms with Crippen LogP contribution in [-0.2, 0) is 13.1 Å². The zero-order valence-electron chi connectivity index (χ0n) is 11.0. The lowest BCUT2D eigenvalue weighted by Gasteiger charge is -2.06. The molecule has 0 spiro atoms. The SMILES string of the molecule is Cc1ccn2nc3[n+](c2c1)CC[n+]1ccccc1-3.[Br-].[Br-]. The van der Waals surface area contributed by atoms with Gasteiger partial charge >= 0.3 is 5.82 Å². The summed E-state index contributed by atoms with van der Waals surface area (Å²) in [5, 5.41) is 4.69. The van der Waals surface area contributed by atoms with E-state index in [1.54, 1.807) is 0 Å². The molecule has 0 amide bonds. The highest BCUT2D eigenvalue weighted by Gasteiger charge is 2.33. The van der Waals surface area contributed by atoms with Crippen LogP contribution in [0, 0.1) is 6.92 Å². The lowest BCUT2D eigenvalue weighted by molar-refractivity contribution is -0.784. The van der Waals surface area contributed by atoms with Crippen LogP contribution in [0.25, 0.3) is 17.2 Å². The Morgan fingerprint density at radius 2 is 2.00 bits per heavy atom. The van der Waals surface area contributed by atoms with Gasteiger partial charge in [0.1, 0.15) is 12.7 Å². The van der Waals surface area contributed by atoms with Crippen molar-refractivity contribution in [1.29, 1.82) is 0 Å². The maximum atomic E-state index is 4.69. The molecule has 0 saturated carbocycles. The van der Waals surface area contributed by atoms with Crippen molar-refractivity contribution in [2.45, 2.75) is 20.0 Å². The number of aromatic nitrogens is 4. The highest BCUT2D eigenvalue weighted by Crippen LogP contribution is 2.13. The maximum Gasteiger partial charge on any atom is 0.374 e. The van der Waals surface area contributed by atoms with Crippen LogP contribution in [0.1, 0.15) is 5.56 Å². The average molecular weight is 398 g/mol. The first-order valence-corrected chi connectivity index (χ1v) is 6.20. The maximum absolute atomic E-state index is 4.69. The van der Waals surface area contributed by atoms with Crippen LogP contribution in [0.5, 0.6) is 0 Å². The van der Waals surface area contributed by atoms with Crippen LogP contribution < -0.4 is 43.1 Å². The molecule has 3 aromatic heterocycles. The molecule has 0 atom stereocenters. The number of halogens is 2. The van der Waals surface area contributed by atoms with Gasteiger partial charge in [-0.1, -0.05) is 4.52 Å². The smallest absolute Gasteiger partial charge is 0.374 e. The Bertz CT molecular complexity index is 767. The summed E-state index contributed by atoms with van der Waals surface area (Å²) in [5.41, 5.74) is 3.62. The minimum absolute atomic E-state index is 0. The zero-order valence-corrected chi connectivity index (χ0v) is 14.2. The molecule has 104 valence electrons. The number of hydrogen-bond acceptors (Lipinski definition) is 1. The summed E-state index contributed by atoms with van der Waals surface area (Å²) in [6.07, 6.45) is 4.15. The second-order valence-electron chi connectivity index (χ2n) is 4.76. The monoisotopic (exact) mass is 396 g/mol. The number of fused-ring (bicyclic) bond motifs is 5. The van der Waals surface area contributed by atoms with Crippen LogP contribution >= 0.6 is 0 Å². The van der Waals surface area contributed by atoms with Crippen molar-refractivity contribution in [1.82, 2.24) is 9.61 Å². The predicted molar refractivity (Wildman–Crippen MR) is 65.8 cm³/mol. The van der Waals surface area contributed by atoms with E-state index in [0.29, 0.717) is 0 Å². The number of rotatable bonds is 0. The summed E-state index contributed by atoms with van der Waals surface area (Å²) in [5.74, 6) is 1.05. The predicted octanol–water partition coefficient (Wildman–Crippen LogP) is -5.09. The van der Waals surface area contributed by atoms with Crippen molar-refractivity contribution in [3.8, 4) is 11.5 Å². The van der Waals surface area contributed by atoms with Crippen LogP contribution in [0.2, 0.25) is 0 Å². The van der Waals surface area contributed by atoms with E-state index >= 15 is 0 Å². The van der Waals surface area contributed by atoms with Crippen LogP contribution in [0.3, 0.4) is 0 Å². The standard InChI is InChI=1S/C14H14N4.2BrH/c1-11-5-7-18-13(10-11)17-9-8-16-6-3-2-4-12(16)14(17)15-18;;/h2-7,10H,8-9H2,1H3;2*1H/q+2;;/p-2. The van der Waals surface area contributed by atoms with Crippen molar-refractivity contribution in [2.75, 3.05) is 0 Å². The van der Waals surface area contributed by atoms with Crippen molar-refractivity contribution in [3.63, 3.8) is 0 Å². The Kier molecular flexibility index (Phi) is 4.25. The minimum atomic E-state index is 0. The van der Waals surface area contributed by atoms with Crippen LogP contribution in [0.15, 0.2) is 42.7 Å². The van der Waals surface area contributed by atoms with E-state index in [-0.39, 0.29) is 34.0 Å². The molecule has 1 aliphatic rings. The molecule has 0 radical (unpaired) electrons. The molecule has 0 aliphatic carbocycles. The fourth-order valence-corrected chi connectivity index (χ4v) is 2.63. The van der Waals surface area contributed by atoms with Gasteiger partial charge in [0.15, 0.2) is 12.7 Å². The fourth-order valence-electron chi connectivity index (χ4n) is 2.63. The summed E-state index contributed by atoms with van der Waals surface area (Å²) in [7, 11) is 0. The highest BCUT2D eigenvalue weighted by molar-refractivity contribution is 5.45. The molecule has 20 heavy (non-hydrogen) atoms. The van der Waals surface area contributed by atoms with E-state index in [0.717, 1.165) is 18.9 Å². The van der Waals surface area contributed by atoms with Crippen LogP contribution in [-0.4, -0.2) is 9.61 Å². The topological polar surface area (TPSA) is 25.1 Å². The summed E-state index contributed by atoms with van der Waals surface area (Å²) in [4.78, 5) is 0. The van der Waals surface area contributed by atoms with Gasteiger partial charge in [0, 0.05) is 18.2 Å². The average Bonchev–Trinajstić information content (AvgIpc) is 2.77. The quantitative estimate of drug-likeness (QED) is 0.348. The molecular formula is C14H14Br2N4. The Morgan fingerprint density at radius 1 is 1.15 bits per heavy atom. The van der Waals surface area contributed by atoms with E-state index in [9.17, 15) is 0 Å². The number of aryl methyl sites for hydroxylation is 3. The van der Waals surface area contributed by atoms with E-state index in [2.05, 4.69) is 52.6 Å². The second-order valence-corrected chi connectivity index (χ2v) is 4.76. The third-order valence-electron chi connectivity index (χ3n) is 3.54. The first kappa shape index (κ1) is 15.1. The van der Waals surface area contributed by atoms with Gasteiger partial charge in [0.25, 0.3) is 11.3 Å². The fraction of sp³-hybridized carbons (Fsp3) is 0.214. The summed E-state index contributed by atoms with van der Waals surface area (Å²) in [6.45, 7) is 4.10. The van der Waals surface area contributed by atoms with E-state index in [4.69, 9.17) is 5.10 Å². The lowest BCUT2D eigenvalue weighted by Crippen LogP contribution is -3.00. The highest BCUT2D eigenvalue weighted by atomic mass is 79.9. The van der Waals surface area contributed by atoms with Gasteiger partial charge in [-0.3, -0.25) is 0 Å². The molecular weight excluding hydrogens is 384 g/mol. The van der Waals surface area contributed by atoms with Gasteiger partial charge in [-0.05, 0) is 24.6 Å². The van der Waals surface area contributed by atoms with E-state index in [1.165, 1.54) is 16.9 Å². The lowest BCUT2D eigenvalue weighted by atomic mass is 10.2. The molecule has 0 bridgehead atoms. The number of pyridine rings is 2. The summed E-state index contributed by atoms with van der Waals surface area (Å²) in [6, 6.07) is 10.5. The van der Waals surface area contributed by atoms with Gasteiger partial charge in [-0.15, -0.1) is 0 Å². The zero-order chi connectivity index (χ0) is 12.1. The molecule has 6 heteroatoms. The molecule has 0 saturated heterocycles. The summed E-state index contributed by atoms with van der Waals surface area (Å²) >= 11 is 0. The Balaban J connectivity index is 0.000000735. The first-order valence-electron chi connectivity index (χ1n) is 6.20. The molecule has 3 aromatic rings.